The van der Waals surface area contributed by atoms with Gasteiger partial charge in [-0.05, 0) is 49.0 Å². The number of hydrogen-bond acceptors (Lipinski definition) is 5. The van der Waals surface area contributed by atoms with Crippen LogP contribution in [-0.4, -0.2) is 28.3 Å². The molecule has 1 aliphatic rings. The summed E-state index contributed by atoms with van der Waals surface area (Å²) in [5.41, 5.74) is 0.889. The monoisotopic (exact) mass is 403 g/mol. The molecule has 1 heterocycles. The van der Waals surface area contributed by atoms with E-state index in [1.807, 2.05) is 0 Å². The molecule has 0 radical (unpaired) electrons. The molecule has 0 spiro atoms. The second kappa shape index (κ2) is 7.85. The van der Waals surface area contributed by atoms with Crippen molar-refractivity contribution in [2.24, 2.45) is 0 Å². The van der Waals surface area contributed by atoms with E-state index in [4.69, 9.17) is 21.4 Å². The maximum atomic E-state index is 12.7. The van der Waals surface area contributed by atoms with Crippen LogP contribution >= 0.6 is 23.4 Å². The second-order valence-corrected chi connectivity index (χ2v) is 7.06. The quantitative estimate of drug-likeness (QED) is 0.743. The van der Waals surface area contributed by atoms with E-state index in [2.05, 4.69) is 0 Å². The number of halogens is 1. The number of carboxylic acids is 1. The number of carboxylic acid groups (broad SMARTS) is 1. The Morgan fingerprint density at radius 3 is 2.67 bits per heavy atom. The van der Waals surface area contributed by atoms with Gasteiger partial charge in [0.15, 0.2) is 6.10 Å². The van der Waals surface area contributed by atoms with E-state index >= 15 is 0 Å². The minimum Gasteiger partial charge on any atom is -0.479 e. The molecular formula is C19H14ClNO5S. The normalized spacial score (nSPS) is 16.7. The number of amides is 2. The fourth-order valence-electron chi connectivity index (χ4n) is 2.39. The lowest BCUT2D eigenvalue weighted by Gasteiger charge is -2.13. The highest BCUT2D eigenvalue weighted by atomic mass is 35.5. The summed E-state index contributed by atoms with van der Waals surface area (Å²) >= 11 is 6.74. The molecule has 1 atom stereocenters. The molecule has 2 amide bonds. The van der Waals surface area contributed by atoms with E-state index in [0.29, 0.717) is 22.0 Å². The third-order valence-corrected chi connectivity index (χ3v) is 4.82. The van der Waals surface area contributed by atoms with Crippen LogP contribution in [-0.2, 0) is 9.59 Å². The SMILES string of the molecule is CC(Oc1ccccc1/C=C1/SC(=O)N(c2cccc(Cl)c2)C1=O)C(=O)O. The lowest BCUT2D eigenvalue weighted by Crippen LogP contribution is -2.27. The lowest BCUT2D eigenvalue weighted by atomic mass is 10.1. The number of benzene rings is 2. The van der Waals surface area contributed by atoms with E-state index in [1.165, 1.54) is 19.1 Å². The van der Waals surface area contributed by atoms with E-state index in [1.54, 1.807) is 42.5 Å². The maximum Gasteiger partial charge on any atom is 0.344 e. The number of nitrogens with zero attached hydrogens (tertiary/aromatic N) is 1. The largest absolute Gasteiger partial charge is 0.479 e. The van der Waals surface area contributed by atoms with Crippen molar-refractivity contribution >= 4 is 52.2 Å². The van der Waals surface area contributed by atoms with Gasteiger partial charge in [0.2, 0.25) is 0 Å². The molecule has 2 aromatic rings. The Labute approximate surface area is 164 Å². The predicted molar refractivity (Wildman–Crippen MR) is 104 cm³/mol. The molecule has 3 rings (SSSR count). The minimum atomic E-state index is -1.11. The standard InChI is InChI=1S/C19H14ClNO5S/c1-11(18(23)24)26-15-8-3-2-5-12(15)9-16-17(22)21(19(25)27-16)14-7-4-6-13(20)10-14/h2-11H,1H3,(H,23,24)/b16-9+. The Hall–Kier alpha value is -2.77. The highest BCUT2D eigenvalue weighted by Crippen LogP contribution is 2.37. The fraction of sp³-hybridized carbons (Fsp3) is 0.105. The lowest BCUT2D eigenvalue weighted by molar-refractivity contribution is -0.144. The molecule has 8 heteroatoms. The van der Waals surface area contributed by atoms with Crippen molar-refractivity contribution in [3.63, 3.8) is 0 Å². The molecule has 0 aliphatic carbocycles. The van der Waals surface area contributed by atoms with Gasteiger partial charge in [-0.25, -0.2) is 9.69 Å². The summed E-state index contributed by atoms with van der Waals surface area (Å²) in [6, 6.07) is 13.2. The Morgan fingerprint density at radius 1 is 1.22 bits per heavy atom. The van der Waals surface area contributed by atoms with Gasteiger partial charge in [-0.2, -0.15) is 0 Å². The number of para-hydroxylation sites is 1. The topological polar surface area (TPSA) is 83.9 Å². The molecule has 138 valence electrons. The van der Waals surface area contributed by atoms with Gasteiger partial charge in [0.05, 0.1) is 10.6 Å². The van der Waals surface area contributed by atoms with E-state index in [9.17, 15) is 14.4 Å². The molecule has 6 nitrogen and oxygen atoms in total. The molecule has 1 unspecified atom stereocenters. The summed E-state index contributed by atoms with van der Waals surface area (Å²) in [5.74, 6) is -1.28. The van der Waals surface area contributed by atoms with Crippen LogP contribution in [0.5, 0.6) is 5.75 Å². The molecule has 1 saturated heterocycles. The molecule has 2 aromatic carbocycles. The first-order chi connectivity index (χ1) is 12.9. The van der Waals surface area contributed by atoms with Crippen molar-refractivity contribution in [3.05, 3.63) is 64.0 Å². The van der Waals surface area contributed by atoms with Crippen molar-refractivity contribution in [1.82, 2.24) is 0 Å². The highest BCUT2D eigenvalue weighted by Gasteiger charge is 2.36. The van der Waals surface area contributed by atoms with E-state index in [-0.39, 0.29) is 4.91 Å². The summed E-state index contributed by atoms with van der Waals surface area (Å²) in [7, 11) is 0. The first-order valence-corrected chi connectivity index (χ1v) is 9.08. The molecule has 1 fully saturated rings. The third-order valence-electron chi connectivity index (χ3n) is 3.72. The number of imide groups is 1. The van der Waals surface area contributed by atoms with E-state index in [0.717, 1.165) is 16.7 Å². The average molecular weight is 404 g/mol. The number of rotatable bonds is 5. The summed E-state index contributed by atoms with van der Waals surface area (Å²) in [6.07, 6.45) is 0.459. The molecular weight excluding hydrogens is 390 g/mol. The van der Waals surface area contributed by atoms with Crippen LogP contribution in [0.25, 0.3) is 6.08 Å². The first kappa shape index (κ1) is 19.0. The smallest absolute Gasteiger partial charge is 0.344 e. The molecule has 0 aromatic heterocycles. The minimum absolute atomic E-state index is 0.207. The van der Waals surface area contributed by atoms with Gasteiger partial charge in [0, 0.05) is 10.6 Å². The zero-order valence-corrected chi connectivity index (χ0v) is 15.7. The zero-order chi connectivity index (χ0) is 19.6. The first-order valence-electron chi connectivity index (χ1n) is 7.89. The number of thioether (sulfide) groups is 1. The van der Waals surface area contributed by atoms with Crippen LogP contribution < -0.4 is 9.64 Å². The van der Waals surface area contributed by atoms with Crippen LogP contribution in [0.2, 0.25) is 5.02 Å². The Balaban J connectivity index is 1.92. The number of carbonyl (C=O) groups excluding carboxylic acids is 2. The van der Waals surface area contributed by atoms with Crippen molar-refractivity contribution in [2.45, 2.75) is 13.0 Å². The van der Waals surface area contributed by atoms with Crippen LogP contribution in [0, 0.1) is 0 Å². The van der Waals surface area contributed by atoms with Crippen molar-refractivity contribution in [1.29, 1.82) is 0 Å². The third kappa shape index (κ3) is 4.15. The number of aliphatic carboxylic acids is 1. The van der Waals surface area contributed by atoms with Gasteiger partial charge >= 0.3 is 5.97 Å². The van der Waals surface area contributed by atoms with Gasteiger partial charge in [-0.3, -0.25) is 9.59 Å². The van der Waals surface area contributed by atoms with Gasteiger partial charge in [0.25, 0.3) is 11.1 Å². The molecule has 0 saturated carbocycles. The van der Waals surface area contributed by atoms with Crippen molar-refractivity contribution < 1.29 is 24.2 Å². The van der Waals surface area contributed by atoms with Crippen LogP contribution in [0.15, 0.2) is 53.4 Å². The summed E-state index contributed by atoms with van der Waals surface area (Å²) in [5, 5.41) is 8.99. The van der Waals surface area contributed by atoms with Gasteiger partial charge < -0.3 is 9.84 Å². The number of carbonyl (C=O) groups is 3. The predicted octanol–water partition coefficient (Wildman–Crippen LogP) is 4.43. The van der Waals surface area contributed by atoms with Gasteiger partial charge in [-0.1, -0.05) is 35.9 Å². The number of anilines is 1. The molecule has 0 bridgehead atoms. The molecule has 1 aliphatic heterocycles. The van der Waals surface area contributed by atoms with Gasteiger partial charge in [-0.15, -0.1) is 0 Å². The van der Waals surface area contributed by atoms with Crippen LogP contribution in [0.4, 0.5) is 10.5 Å². The Bertz CT molecular complexity index is 959. The summed E-state index contributed by atoms with van der Waals surface area (Å²) in [6.45, 7) is 1.41. The average Bonchev–Trinajstić information content (AvgIpc) is 2.90. The summed E-state index contributed by atoms with van der Waals surface area (Å²) in [4.78, 5) is 37.3. The second-order valence-electron chi connectivity index (χ2n) is 5.63. The highest BCUT2D eigenvalue weighted by molar-refractivity contribution is 8.19. The van der Waals surface area contributed by atoms with Crippen LogP contribution in [0.1, 0.15) is 12.5 Å². The summed E-state index contributed by atoms with van der Waals surface area (Å²) < 4.78 is 5.43. The Morgan fingerprint density at radius 2 is 1.96 bits per heavy atom. The number of ether oxygens (including phenoxy) is 1. The Kier molecular flexibility index (Phi) is 5.53. The van der Waals surface area contributed by atoms with E-state index < -0.39 is 23.2 Å². The zero-order valence-electron chi connectivity index (χ0n) is 14.1. The van der Waals surface area contributed by atoms with Crippen molar-refractivity contribution in [2.75, 3.05) is 4.90 Å². The van der Waals surface area contributed by atoms with Crippen molar-refractivity contribution in [3.8, 4) is 5.75 Å². The van der Waals surface area contributed by atoms with Gasteiger partial charge in [0.1, 0.15) is 5.75 Å². The number of hydrogen-bond donors (Lipinski definition) is 1. The molecule has 27 heavy (non-hydrogen) atoms. The fourth-order valence-corrected chi connectivity index (χ4v) is 3.41. The molecule has 1 N–H and O–H groups in total. The van der Waals surface area contributed by atoms with Crippen LogP contribution in [0.3, 0.4) is 0 Å². The maximum absolute atomic E-state index is 12.7.